The van der Waals surface area contributed by atoms with Crippen LogP contribution in [0.2, 0.25) is 0 Å². The number of aliphatic imine (C=N–C) groups is 1. The van der Waals surface area contributed by atoms with E-state index in [0.29, 0.717) is 24.2 Å². The first-order chi connectivity index (χ1) is 7.11. The van der Waals surface area contributed by atoms with Crippen molar-refractivity contribution in [2.45, 2.75) is 33.4 Å². The summed E-state index contributed by atoms with van der Waals surface area (Å²) in [7, 11) is 0. The Balaban J connectivity index is 2.54. The summed E-state index contributed by atoms with van der Waals surface area (Å²) < 4.78 is 4.90. The summed E-state index contributed by atoms with van der Waals surface area (Å²) in [6, 6.07) is 0.254. The molecule has 0 spiro atoms. The molecule has 0 unspecified atom stereocenters. The molecule has 1 aromatic rings. The van der Waals surface area contributed by atoms with Crippen molar-refractivity contribution in [2.24, 2.45) is 10.8 Å². The molecule has 0 saturated heterocycles. The van der Waals surface area contributed by atoms with Crippen LogP contribution in [0.1, 0.15) is 25.6 Å². The van der Waals surface area contributed by atoms with E-state index in [1.54, 1.807) is 6.92 Å². The molecule has 0 amide bonds. The van der Waals surface area contributed by atoms with Gasteiger partial charge >= 0.3 is 0 Å². The Bertz CT molecular complexity index is 332. The Morgan fingerprint density at radius 1 is 1.60 bits per heavy atom. The van der Waals surface area contributed by atoms with Crippen LogP contribution in [0.25, 0.3) is 0 Å². The summed E-state index contributed by atoms with van der Waals surface area (Å²) in [5.74, 6) is 6.84. The van der Waals surface area contributed by atoms with Crippen LogP contribution in [0.4, 0.5) is 0 Å². The van der Waals surface area contributed by atoms with Gasteiger partial charge in [0.2, 0.25) is 11.9 Å². The lowest BCUT2D eigenvalue weighted by Crippen LogP contribution is -2.44. The molecule has 0 aromatic carbocycles. The second-order valence-electron chi connectivity index (χ2n) is 3.34. The zero-order chi connectivity index (χ0) is 11.3. The third-order valence-corrected chi connectivity index (χ3v) is 1.50. The third kappa shape index (κ3) is 3.94. The molecule has 4 N–H and O–H groups in total. The molecule has 7 nitrogen and oxygen atoms in total. The number of nitrogens with two attached hydrogens (primary N) is 1. The summed E-state index contributed by atoms with van der Waals surface area (Å²) in [6.45, 7) is 6.04. The van der Waals surface area contributed by atoms with Gasteiger partial charge in [-0.05, 0) is 20.8 Å². The normalized spacial score (nSPS) is 11.9. The van der Waals surface area contributed by atoms with E-state index < -0.39 is 0 Å². The van der Waals surface area contributed by atoms with Crippen LogP contribution in [0.5, 0.6) is 0 Å². The van der Waals surface area contributed by atoms with Crippen LogP contribution in [-0.2, 0) is 6.54 Å². The Kier molecular flexibility index (Phi) is 4.04. The molecular weight excluding hydrogens is 196 g/mol. The minimum atomic E-state index is 0.254. The lowest BCUT2D eigenvalue weighted by atomic mass is 10.4. The first-order valence-electron chi connectivity index (χ1n) is 4.68. The number of hydrogen-bond acceptors (Lipinski definition) is 5. The molecule has 0 aliphatic rings. The van der Waals surface area contributed by atoms with Gasteiger partial charge in [0, 0.05) is 6.04 Å². The van der Waals surface area contributed by atoms with Gasteiger partial charge < -0.3 is 9.84 Å². The van der Waals surface area contributed by atoms with E-state index in [-0.39, 0.29) is 6.04 Å². The van der Waals surface area contributed by atoms with Crippen LogP contribution in [-0.4, -0.2) is 22.1 Å². The van der Waals surface area contributed by atoms with E-state index in [2.05, 4.69) is 25.9 Å². The highest BCUT2D eigenvalue weighted by Gasteiger charge is 2.03. The van der Waals surface area contributed by atoms with Gasteiger partial charge in [-0.1, -0.05) is 5.16 Å². The predicted molar refractivity (Wildman–Crippen MR) is 55.8 cm³/mol. The van der Waals surface area contributed by atoms with Gasteiger partial charge in [-0.2, -0.15) is 4.98 Å². The average Bonchev–Trinajstić information content (AvgIpc) is 2.58. The first kappa shape index (κ1) is 11.4. The van der Waals surface area contributed by atoms with Crippen LogP contribution in [0.15, 0.2) is 9.52 Å². The highest BCUT2D eigenvalue weighted by atomic mass is 16.5. The van der Waals surface area contributed by atoms with Crippen molar-refractivity contribution < 1.29 is 4.52 Å². The molecule has 0 saturated carbocycles. The molecule has 1 aromatic heterocycles. The van der Waals surface area contributed by atoms with Crippen molar-refractivity contribution >= 4 is 5.96 Å². The molecule has 0 fully saturated rings. The van der Waals surface area contributed by atoms with E-state index in [1.807, 2.05) is 13.8 Å². The van der Waals surface area contributed by atoms with Crippen LogP contribution in [0, 0.1) is 6.92 Å². The van der Waals surface area contributed by atoms with Gasteiger partial charge in [0.25, 0.3) is 0 Å². The number of aryl methyl sites for hydroxylation is 1. The van der Waals surface area contributed by atoms with Crippen molar-refractivity contribution in [3.63, 3.8) is 0 Å². The maximum atomic E-state index is 5.28. The van der Waals surface area contributed by atoms with E-state index in [0.717, 1.165) is 0 Å². The zero-order valence-electron chi connectivity index (χ0n) is 9.11. The second kappa shape index (κ2) is 5.30. The van der Waals surface area contributed by atoms with Gasteiger partial charge in [0.1, 0.15) is 6.54 Å². The second-order valence-corrected chi connectivity index (χ2v) is 3.34. The Morgan fingerprint density at radius 3 is 2.80 bits per heavy atom. The van der Waals surface area contributed by atoms with Crippen molar-refractivity contribution in [3.8, 4) is 0 Å². The number of hydrazine groups is 1. The first-order valence-corrected chi connectivity index (χ1v) is 4.68. The third-order valence-electron chi connectivity index (χ3n) is 1.50. The highest BCUT2D eigenvalue weighted by molar-refractivity contribution is 5.79. The number of rotatable bonds is 3. The predicted octanol–water partition coefficient (Wildman–Crippen LogP) is -0.305. The highest BCUT2D eigenvalue weighted by Crippen LogP contribution is 1.97. The number of hydrogen-bond donors (Lipinski definition) is 3. The smallest absolute Gasteiger partial charge is 0.248 e. The van der Waals surface area contributed by atoms with Crippen LogP contribution in [0.3, 0.4) is 0 Å². The fourth-order valence-corrected chi connectivity index (χ4v) is 0.957. The summed E-state index contributed by atoms with van der Waals surface area (Å²) in [6.07, 6.45) is 0. The molecule has 0 aliphatic heterocycles. The molecule has 84 valence electrons. The lowest BCUT2D eigenvalue weighted by Gasteiger charge is -2.11. The van der Waals surface area contributed by atoms with E-state index >= 15 is 0 Å². The van der Waals surface area contributed by atoms with Gasteiger partial charge in [0.05, 0.1) is 0 Å². The van der Waals surface area contributed by atoms with Crippen molar-refractivity contribution in [1.29, 1.82) is 0 Å². The minimum absolute atomic E-state index is 0.254. The number of guanidine groups is 1. The molecule has 0 bridgehead atoms. The fourth-order valence-electron chi connectivity index (χ4n) is 0.957. The van der Waals surface area contributed by atoms with Gasteiger partial charge in [-0.15, -0.1) is 0 Å². The van der Waals surface area contributed by atoms with Gasteiger partial charge in [-0.3, -0.25) is 5.43 Å². The average molecular weight is 212 g/mol. The molecule has 0 atom stereocenters. The Morgan fingerprint density at radius 2 is 2.33 bits per heavy atom. The standard InChI is InChI=1S/C8H16N6O/c1-5(2)11-8(13-9)10-4-7-12-6(3)14-15-7/h5H,4,9H2,1-3H3,(H2,10,11,13). The van der Waals surface area contributed by atoms with Gasteiger partial charge in [-0.25, -0.2) is 10.8 Å². The molecule has 0 radical (unpaired) electrons. The molecule has 0 aliphatic carbocycles. The van der Waals surface area contributed by atoms with Crippen LogP contribution >= 0.6 is 0 Å². The Labute approximate surface area is 88.1 Å². The molecule has 1 heterocycles. The summed E-state index contributed by atoms with van der Waals surface area (Å²) >= 11 is 0. The molecule has 1 rings (SSSR count). The quantitative estimate of drug-likeness (QED) is 0.275. The van der Waals surface area contributed by atoms with E-state index in [9.17, 15) is 0 Å². The minimum Gasteiger partial charge on any atom is -0.353 e. The number of aromatic nitrogens is 2. The molecule has 15 heavy (non-hydrogen) atoms. The van der Waals surface area contributed by atoms with E-state index in [4.69, 9.17) is 10.4 Å². The van der Waals surface area contributed by atoms with Crippen molar-refractivity contribution in [2.75, 3.05) is 0 Å². The largest absolute Gasteiger partial charge is 0.353 e. The van der Waals surface area contributed by atoms with Crippen molar-refractivity contribution in [3.05, 3.63) is 11.7 Å². The number of nitrogens with one attached hydrogen (secondary N) is 2. The zero-order valence-corrected chi connectivity index (χ0v) is 9.11. The summed E-state index contributed by atoms with van der Waals surface area (Å²) in [4.78, 5) is 8.15. The van der Waals surface area contributed by atoms with E-state index in [1.165, 1.54) is 0 Å². The lowest BCUT2D eigenvalue weighted by molar-refractivity contribution is 0.376. The Hall–Kier alpha value is -1.63. The topological polar surface area (TPSA) is 101 Å². The SMILES string of the molecule is Cc1noc(CN=C(NN)NC(C)C)n1. The summed E-state index contributed by atoms with van der Waals surface area (Å²) in [5, 5.41) is 6.68. The number of nitrogens with zero attached hydrogens (tertiary/aromatic N) is 3. The van der Waals surface area contributed by atoms with Gasteiger partial charge in [0.15, 0.2) is 5.82 Å². The monoisotopic (exact) mass is 212 g/mol. The molecular formula is C8H16N6O. The summed E-state index contributed by atoms with van der Waals surface area (Å²) in [5.41, 5.74) is 2.46. The maximum Gasteiger partial charge on any atom is 0.248 e. The van der Waals surface area contributed by atoms with Crippen LogP contribution < -0.4 is 16.6 Å². The maximum absolute atomic E-state index is 5.28. The fraction of sp³-hybridized carbons (Fsp3) is 0.625. The van der Waals surface area contributed by atoms with Crippen molar-refractivity contribution in [1.82, 2.24) is 20.9 Å². The molecule has 7 heteroatoms.